The molecular formula is C10H17NO. The van der Waals surface area contributed by atoms with Crippen LogP contribution in [0.3, 0.4) is 0 Å². The zero-order valence-corrected chi connectivity index (χ0v) is 7.93. The topological polar surface area (TPSA) is 23.5 Å². The van der Waals surface area contributed by atoms with Crippen molar-refractivity contribution in [2.75, 3.05) is 19.6 Å². The molecule has 2 nitrogen and oxygen atoms in total. The quantitative estimate of drug-likeness (QED) is 0.616. The van der Waals surface area contributed by atoms with Crippen LogP contribution in [0.15, 0.2) is 0 Å². The number of nitrogens with zero attached hydrogens (tertiary/aromatic N) is 1. The smallest absolute Gasteiger partial charge is 0.0784 e. The molecule has 1 atom stereocenters. The average Bonchev–Trinajstić information content (AvgIpc) is 2.45. The molecule has 0 radical (unpaired) electrons. The van der Waals surface area contributed by atoms with E-state index in [1.54, 1.807) is 0 Å². The van der Waals surface area contributed by atoms with Crippen molar-refractivity contribution >= 4 is 0 Å². The third kappa shape index (κ3) is 2.23. The number of aliphatic hydroxyl groups is 1. The van der Waals surface area contributed by atoms with Crippen molar-refractivity contribution in [3.8, 4) is 11.8 Å². The molecule has 0 amide bonds. The van der Waals surface area contributed by atoms with Crippen LogP contribution in [0.25, 0.3) is 0 Å². The van der Waals surface area contributed by atoms with Gasteiger partial charge in [-0.15, -0.1) is 5.92 Å². The molecule has 1 aliphatic rings. The maximum Gasteiger partial charge on any atom is 0.0784 e. The van der Waals surface area contributed by atoms with E-state index in [9.17, 15) is 5.11 Å². The molecule has 1 saturated heterocycles. The van der Waals surface area contributed by atoms with Crippen molar-refractivity contribution in [2.24, 2.45) is 0 Å². The van der Waals surface area contributed by atoms with Gasteiger partial charge in [0.1, 0.15) is 0 Å². The third-order valence-corrected chi connectivity index (χ3v) is 2.55. The molecule has 1 unspecified atom stereocenters. The minimum Gasteiger partial charge on any atom is -0.389 e. The first-order valence-corrected chi connectivity index (χ1v) is 4.54. The number of hydrogen-bond acceptors (Lipinski definition) is 2. The van der Waals surface area contributed by atoms with Gasteiger partial charge in [0, 0.05) is 13.1 Å². The Kier molecular flexibility index (Phi) is 3.13. The van der Waals surface area contributed by atoms with Gasteiger partial charge >= 0.3 is 0 Å². The Labute approximate surface area is 74.6 Å². The van der Waals surface area contributed by atoms with Gasteiger partial charge in [0.15, 0.2) is 0 Å². The van der Waals surface area contributed by atoms with E-state index in [2.05, 4.69) is 16.7 Å². The lowest BCUT2D eigenvalue weighted by Gasteiger charge is -2.20. The first-order chi connectivity index (χ1) is 5.70. The summed E-state index contributed by atoms with van der Waals surface area (Å²) < 4.78 is 0. The Hall–Kier alpha value is -0.520. The fourth-order valence-corrected chi connectivity index (χ4v) is 1.55. The van der Waals surface area contributed by atoms with Gasteiger partial charge in [-0.3, -0.25) is 4.90 Å². The van der Waals surface area contributed by atoms with Crippen molar-refractivity contribution in [3.63, 3.8) is 0 Å². The van der Waals surface area contributed by atoms with E-state index in [-0.39, 0.29) is 0 Å². The Bertz CT molecular complexity index is 204. The standard InChI is InChI=1S/C10H17NO/c1-3-5-7-11-8-6-10(12,4-2)9-11/h12H,4,6-9H2,1-2H3. The van der Waals surface area contributed by atoms with E-state index in [4.69, 9.17) is 0 Å². The summed E-state index contributed by atoms with van der Waals surface area (Å²) in [5.74, 6) is 5.88. The van der Waals surface area contributed by atoms with Crippen molar-refractivity contribution in [3.05, 3.63) is 0 Å². The first kappa shape index (κ1) is 9.57. The second-order valence-electron chi connectivity index (χ2n) is 3.47. The second kappa shape index (κ2) is 3.93. The van der Waals surface area contributed by atoms with Crippen molar-refractivity contribution in [2.45, 2.75) is 32.3 Å². The van der Waals surface area contributed by atoms with E-state index in [0.717, 1.165) is 32.5 Å². The highest BCUT2D eigenvalue weighted by Crippen LogP contribution is 2.23. The molecule has 0 spiro atoms. The van der Waals surface area contributed by atoms with Crippen LogP contribution in [-0.4, -0.2) is 35.2 Å². The van der Waals surface area contributed by atoms with Crippen LogP contribution in [0, 0.1) is 11.8 Å². The third-order valence-electron chi connectivity index (χ3n) is 2.55. The van der Waals surface area contributed by atoms with Crippen molar-refractivity contribution < 1.29 is 5.11 Å². The molecule has 1 fully saturated rings. The molecule has 1 rings (SSSR count). The van der Waals surface area contributed by atoms with Gasteiger partial charge in [0.2, 0.25) is 0 Å². The maximum atomic E-state index is 9.88. The van der Waals surface area contributed by atoms with Gasteiger partial charge < -0.3 is 5.11 Å². The van der Waals surface area contributed by atoms with Crippen LogP contribution in [0.5, 0.6) is 0 Å². The molecule has 0 bridgehead atoms. The second-order valence-corrected chi connectivity index (χ2v) is 3.47. The predicted octanol–water partition coefficient (Wildman–Crippen LogP) is 0.857. The molecule has 0 aromatic heterocycles. The molecule has 2 heteroatoms. The monoisotopic (exact) mass is 167 g/mol. The maximum absolute atomic E-state index is 9.88. The fourth-order valence-electron chi connectivity index (χ4n) is 1.55. The number of hydrogen-bond donors (Lipinski definition) is 1. The van der Waals surface area contributed by atoms with Gasteiger partial charge in [-0.1, -0.05) is 12.8 Å². The highest BCUT2D eigenvalue weighted by Gasteiger charge is 2.33. The summed E-state index contributed by atoms with van der Waals surface area (Å²) in [6, 6.07) is 0. The van der Waals surface area contributed by atoms with Crippen molar-refractivity contribution in [1.82, 2.24) is 4.90 Å². The first-order valence-electron chi connectivity index (χ1n) is 4.54. The lowest BCUT2D eigenvalue weighted by molar-refractivity contribution is 0.0469. The molecule has 1 aliphatic heterocycles. The van der Waals surface area contributed by atoms with Gasteiger partial charge in [-0.2, -0.15) is 0 Å². The molecule has 1 heterocycles. The molecule has 68 valence electrons. The largest absolute Gasteiger partial charge is 0.389 e. The summed E-state index contributed by atoms with van der Waals surface area (Å²) >= 11 is 0. The van der Waals surface area contributed by atoms with E-state index in [1.807, 2.05) is 13.8 Å². The van der Waals surface area contributed by atoms with Gasteiger partial charge in [0.25, 0.3) is 0 Å². The van der Waals surface area contributed by atoms with Crippen LogP contribution >= 0.6 is 0 Å². The van der Waals surface area contributed by atoms with Gasteiger partial charge in [-0.25, -0.2) is 0 Å². The van der Waals surface area contributed by atoms with E-state index in [1.165, 1.54) is 0 Å². The van der Waals surface area contributed by atoms with E-state index >= 15 is 0 Å². The number of β-amino-alcohol motifs (C(OH)–C–C–N with tert-alkyl or cyclic N) is 1. The van der Waals surface area contributed by atoms with E-state index < -0.39 is 5.60 Å². The Morgan fingerprint density at radius 2 is 2.33 bits per heavy atom. The predicted molar refractivity (Wildman–Crippen MR) is 49.7 cm³/mol. The molecule has 1 N–H and O–H groups in total. The normalized spacial score (nSPS) is 29.9. The summed E-state index contributed by atoms with van der Waals surface area (Å²) in [7, 11) is 0. The molecular weight excluding hydrogens is 150 g/mol. The minimum absolute atomic E-state index is 0.435. The van der Waals surface area contributed by atoms with Crippen molar-refractivity contribution in [1.29, 1.82) is 0 Å². The van der Waals surface area contributed by atoms with Crippen LogP contribution < -0.4 is 0 Å². The molecule has 12 heavy (non-hydrogen) atoms. The Morgan fingerprint density at radius 3 is 2.83 bits per heavy atom. The highest BCUT2D eigenvalue weighted by atomic mass is 16.3. The zero-order valence-electron chi connectivity index (χ0n) is 7.93. The number of rotatable bonds is 2. The van der Waals surface area contributed by atoms with Crippen LogP contribution in [0.4, 0.5) is 0 Å². The summed E-state index contributed by atoms with van der Waals surface area (Å²) in [6.45, 7) is 6.47. The van der Waals surface area contributed by atoms with Crippen LogP contribution in [0.1, 0.15) is 26.7 Å². The lowest BCUT2D eigenvalue weighted by Crippen LogP contribution is -2.32. The zero-order chi connectivity index (χ0) is 9.03. The lowest BCUT2D eigenvalue weighted by atomic mass is 10.0. The fraction of sp³-hybridized carbons (Fsp3) is 0.800. The highest BCUT2D eigenvalue weighted by molar-refractivity contribution is 5.00. The summed E-state index contributed by atoms with van der Waals surface area (Å²) in [4.78, 5) is 2.21. The van der Waals surface area contributed by atoms with Crippen LogP contribution in [-0.2, 0) is 0 Å². The molecule has 0 aromatic rings. The molecule has 0 aromatic carbocycles. The average molecular weight is 167 g/mol. The van der Waals surface area contributed by atoms with E-state index in [0.29, 0.717) is 0 Å². The van der Waals surface area contributed by atoms with Gasteiger partial charge in [-0.05, 0) is 19.8 Å². The molecule has 0 aliphatic carbocycles. The summed E-state index contributed by atoms with van der Waals surface area (Å²) in [6.07, 6.45) is 1.75. The molecule has 0 saturated carbocycles. The Balaban J connectivity index is 2.38. The van der Waals surface area contributed by atoms with Gasteiger partial charge in [0.05, 0.1) is 12.1 Å². The van der Waals surface area contributed by atoms with Crippen LogP contribution in [0.2, 0.25) is 0 Å². The summed E-state index contributed by atoms with van der Waals surface area (Å²) in [5.41, 5.74) is -0.435. The Morgan fingerprint density at radius 1 is 1.58 bits per heavy atom. The minimum atomic E-state index is -0.435. The SMILES string of the molecule is CC#CCN1CCC(O)(CC)C1. The number of likely N-dealkylation sites (tertiary alicyclic amines) is 1. The summed E-state index contributed by atoms with van der Waals surface area (Å²) in [5, 5.41) is 9.88.